The molecule has 1 aromatic carbocycles. The molecule has 5 heterocycles. The van der Waals surface area contributed by atoms with Crippen molar-refractivity contribution in [3.05, 3.63) is 71.4 Å². The van der Waals surface area contributed by atoms with Crippen LogP contribution in [-0.2, 0) is 0 Å². The summed E-state index contributed by atoms with van der Waals surface area (Å²) in [5, 5.41) is 14.5. The molecule has 0 aliphatic rings. The van der Waals surface area contributed by atoms with Gasteiger partial charge in [-0.2, -0.15) is 0 Å². The molecular weight excluding hydrogens is 465 g/mol. The molecule has 6 rings (SSSR count). The van der Waals surface area contributed by atoms with Crippen molar-refractivity contribution in [3.8, 4) is 33.1 Å². The number of thiazole rings is 1. The summed E-state index contributed by atoms with van der Waals surface area (Å²) in [6, 6.07) is 8.52. The summed E-state index contributed by atoms with van der Waals surface area (Å²) in [4.78, 5) is 30.8. The zero-order valence-corrected chi connectivity index (χ0v) is 19.6. The maximum absolute atomic E-state index is 14.6. The summed E-state index contributed by atoms with van der Waals surface area (Å²) in [5.74, 6) is -1.54. The van der Waals surface area contributed by atoms with Crippen LogP contribution in [0.15, 0.2) is 54.3 Å². The average Bonchev–Trinajstić information content (AvgIpc) is 3.62. The summed E-state index contributed by atoms with van der Waals surface area (Å²) in [7, 11) is 0. The van der Waals surface area contributed by atoms with Gasteiger partial charge in [0.05, 0.1) is 11.4 Å². The molecule has 9 heteroatoms. The quantitative estimate of drug-likeness (QED) is 0.215. The number of benzene rings is 1. The molecule has 0 fully saturated rings. The fraction of sp³-hybridized carbons (Fsp3) is 0.115. The highest BCUT2D eigenvalue weighted by molar-refractivity contribution is 7.13. The highest BCUT2D eigenvalue weighted by Gasteiger charge is 2.28. The van der Waals surface area contributed by atoms with E-state index in [0.29, 0.717) is 28.0 Å². The minimum Gasteiger partial charge on any atom is -0.477 e. The Kier molecular flexibility index (Phi) is 4.82. The lowest BCUT2D eigenvalue weighted by Crippen LogP contribution is -2.00. The van der Waals surface area contributed by atoms with Gasteiger partial charge < -0.3 is 20.1 Å². The first-order chi connectivity index (χ1) is 16.9. The second kappa shape index (κ2) is 7.92. The van der Waals surface area contributed by atoms with E-state index in [1.165, 1.54) is 23.5 Å². The lowest BCUT2D eigenvalue weighted by atomic mass is 9.89. The third kappa shape index (κ3) is 3.35. The number of carboxylic acid groups (broad SMARTS) is 1. The number of aromatic nitrogens is 5. The molecular formula is C26H20FN5O2S. The van der Waals surface area contributed by atoms with Gasteiger partial charge in [0.2, 0.25) is 0 Å². The molecule has 7 nitrogen and oxygen atoms in total. The third-order valence-corrected chi connectivity index (χ3v) is 7.00. The smallest absolute Gasteiger partial charge is 0.352 e. The Hall–Kier alpha value is -4.24. The summed E-state index contributed by atoms with van der Waals surface area (Å²) >= 11 is 1.50. The first kappa shape index (κ1) is 21.3. The maximum Gasteiger partial charge on any atom is 0.352 e. The van der Waals surface area contributed by atoms with Gasteiger partial charge in [-0.3, -0.25) is 0 Å². The van der Waals surface area contributed by atoms with Crippen molar-refractivity contribution in [2.24, 2.45) is 0 Å². The van der Waals surface area contributed by atoms with Gasteiger partial charge in [-0.15, -0.1) is 11.3 Å². The van der Waals surface area contributed by atoms with Gasteiger partial charge in [-0.05, 0) is 47.4 Å². The zero-order valence-electron chi connectivity index (χ0n) is 18.8. The van der Waals surface area contributed by atoms with E-state index in [2.05, 4.69) is 24.9 Å². The zero-order chi connectivity index (χ0) is 24.3. The number of nitrogens with zero attached hydrogens (tertiary/aromatic N) is 2. The second-order valence-corrected chi connectivity index (χ2v) is 9.55. The molecule has 0 atom stereocenters. The molecule has 0 bridgehead atoms. The van der Waals surface area contributed by atoms with Crippen LogP contribution in [-0.4, -0.2) is 36.0 Å². The number of hydrogen-bond acceptors (Lipinski definition) is 4. The van der Waals surface area contributed by atoms with Crippen molar-refractivity contribution in [2.75, 3.05) is 0 Å². The fourth-order valence-corrected chi connectivity index (χ4v) is 5.41. The van der Waals surface area contributed by atoms with Crippen LogP contribution in [0.2, 0.25) is 0 Å². The van der Waals surface area contributed by atoms with Crippen LogP contribution >= 0.6 is 11.3 Å². The molecule has 0 aliphatic carbocycles. The van der Waals surface area contributed by atoms with Crippen molar-refractivity contribution in [1.29, 1.82) is 0 Å². The maximum atomic E-state index is 14.6. The topological polar surface area (TPSA) is 110 Å². The Morgan fingerprint density at radius 3 is 2.66 bits per heavy atom. The molecule has 0 spiro atoms. The van der Waals surface area contributed by atoms with Gasteiger partial charge >= 0.3 is 5.97 Å². The molecule has 0 saturated carbocycles. The van der Waals surface area contributed by atoms with Gasteiger partial charge in [0.1, 0.15) is 22.2 Å². The van der Waals surface area contributed by atoms with Gasteiger partial charge in [0.25, 0.3) is 0 Å². The van der Waals surface area contributed by atoms with Crippen molar-refractivity contribution < 1.29 is 14.3 Å². The number of pyridine rings is 1. The molecule has 5 aromatic heterocycles. The predicted molar refractivity (Wildman–Crippen MR) is 135 cm³/mol. The van der Waals surface area contributed by atoms with Crippen molar-refractivity contribution in [3.63, 3.8) is 0 Å². The van der Waals surface area contributed by atoms with E-state index in [-0.39, 0.29) is 11.6 Å². The number of halogens is 1. The minimum atomic E-state index is -1.09. The molecule has 0 radical (unpaired) electrons. The number of rotatable bonds is 5. The summed E-state index contributed by atoms with van der Waals surface area (Å²) in [6.07, 6.45) is 5.14. The second-order valence-electron chi connectivity index (χ2n) is 8.66. The first-order valence-electron chi connectivity index (χ1n) is 11.1. The van der Waals surface area contributed by atoms with Gasteiger partial charge in [-0.1, -0.05) is 13.8 Å². The van der Waals surface area contributed by atoms with Crippen LogP contribution in [0, 0.1) is 5.82 Å². The Morgan fingerprint density at radius 1 is 1.06 bits per heavy atom. The first-order valence-corrected chi connectivity index (χ1v) is 11.9. The number of carbonyl (C=O) groups is 1. The van der Waals surface area contributed by atoms with Gasteiger partial charge in [0.15, 0.2) is 0 Å². The number of H-pyrrole nitrogens is 3. The highest BCUT2D eigenvalue weighted by atomic mass is 32.1. The van der Waals surface area contributed by atoms with E-state index in [1.54, 1.807) is 18.6 Å². The van der Waals surface area contributed by atoms with E-state index >= 15 is 0 Å². The molecule has 174 valence electrons. The number of fused-ring (bicyclic) bond motifs is 2. The molecule has 0 unspecified atom stereocenters. The van der Waals surface area contributed by atoms with Crippen LogP contribution in [0.3, 0.4) is 0 Å². The van der Waals surface area contributed by atoms with E-state index in [0.717, 1.165) is 32.6 Å². The lowest BCUT2D eigenvalue weighted by Gasteiger charge is -2.13. The van der Waals surface area contributed by atoms with Crippen LogP contribution in [0.5, 0.6) is 0 Å². The summed E-state index contributed by atoms with van der Waals surface area (Å²) in [5.41, 5.74) is 5.48. The SMILES string of the molecule is CC(C)c1c(-c2cc(F)cc3[nH]ccc23)[nH]c(C(=O)O)c1-c1ccnc2[nH]c(-c3nccs3)cc12. The monoisotopic (exact) mass is 485 g/mol. The number of nitrogens with one attached hydrogen (secondary N) is 3. The Labute approximate surface area is 202 Å². The van der Waals surface area contributed by atoms with Gasteiger partial charge in [0, 0.05) is 51.4 Å². The van der Waals surface area contributed by atoms with Gasteiger partial charge in [-0.25, -0.2) is 19.2 Å². The molecule has 0 aliphatic heterocycles. The van der Waals surface area contributed by atoms with E-state index in [4.69, 9.17) is 0 Å². The minimum absolute atomic E-state index is 0.0535. The average molecular weight is 486 g/mol. The Morgan fingerprint density at radius 2 is 1.91 bits per heavy atom. The van der Waals surface area contributed by atoms with Crippen molar-refractivity contribution in [2.45, 2.75) is 19.8 Å². The molecule has 35 heavy (non-hydrogen) atoms. The Bertz CT molecular complexity index is 1730. The molecule has 0 saturated heterocycles. The van der Waals surface area contributed by atoms with E-state index < -0.39 is 11.8 Å². The van der Waals surface area contributed by atoms with Crippen LogP contribution in [0.4, 0.5) is 4.39 Å². The van der Waals surface area contributed by atoms with Crippen LogP contribution in [0.1, 0.15) is 35.8 Å². The number of aromatic amines is 3. The predicted octanol–water partition coefficient (Wildman–Crippen LogP) is 6.79. The van der Waals surface area contributed by atoms with Crippen molar-refractivity contribution >= 4 is 39.2 Å². The summed E-state index contributed by atoms with van der Waals surface area (Å²) in [6.45, 7) is 4.01. The fourth-order valence-electron chi connectivity index (χ4n) is 4.80. The lowest BCUT2D eigenvalue weighted by molar-refractivity contribution is 0.0692. The molecule has 4 N–H and O–H groups in total. The van der Waals surface area contributed by atoms with E-state index in [1.807, 2.05) is 37.4 Å². The molecule has 6 aromatic rings. The standard InChI is InChI=1S/C26H20FN5O2S/c1-12(2)20-21(15-4-6-29-24-17(15)11-19(31-24)25-30-7-8-35-25)23(26(33)34)32-22(20)16-9-13(27)10-18-14(16)3-5-28-18/h3-12,28,32H,1-2H3,(H,29,31)(H,33,34). The van der Waals surface area contributed by atoms with E-state index in [9.17, 15) is 14.3 Å². The number of carboxylic acids is 1. The molecule has 0 amide bonds. The summed E-state index contributed by atoms with van der Waals surface area (Å²) < 4.78 is 14.6. The third-order valence-electron chi connectivity index (χ3n) is 6.20. The largest absolute Gasteiger partial charge is 0.477 e. The van der Waals surface area contributed by atoms with Crippen LogP contribution < -0.4 is 0 Å². The van der Waals surface area contributed by atoms with Crippen LogP contribution in [0.25, 0.3) is 55.0 Å². The Balaban J connectivity index is 1.68. The normalized spacial score (nSPS) is 11.8. The highest BCUT2D eigenvalue weighted by Crippen LogP contribution is 2.44. The van der Waals surface area contributed by atoms with Crippen molar-refractivity contribution in [1.82, 2.24) is 24.9 Å². The number of aromatic carboxylic acids is 1. The number of hydrogen-bond donors (Lipinski definition) is 4.